The van der Waals surface area contributed by atoms with Crippen LogP contribution in [0.3, 0.4) is 0 Å². The van der Waals surface area contributed by atoms with Gasteiger partial charge in [0.2, 0.25) is 0 Å². The summed E-state index contributed by atoms with van der Waals surface area (Å²) in [4.78, 5) is 11.2. The zero-order valence-corrected chi connectivity index (χ0v) is 12.2. The first-order valence-corrected chi connectivity index (χ1v) is 8.19. The predicted molar refractivity (Wildman–Crippen MR) is 79.9 cm³/mol. The number of hydrogen-bond donors (Lipinski definition) is 1. The molecule has 2 aromatic rings. The second-order valence-electron chi connectivity index (χ2n) is 4.80. The highest BCUT2D eigenvalue weighted by atomic mass is 32.2. The minimum Gasteiger partial charge on any atom is -0.481 e. The normalized spacial score (nSPS) is 12.8. The van der Waals surface area contributed by atoms with Crippen LogP contribution < -0.4 is 0 Å². The molecule has 4 nitrogen and oxygen atoms in total. The van der Waals surface area contributed by atoms with Crippen molar-refractivity contribution in [3.8, 4) is 0 Å². The summed E-state index contributed by atoms with van der Waals surface area (Å²) in [6.45, 7) is 0. The predicted octanol–water partition coefficient (Wildman–Crippen LogP) is 2.72. The third kappa shape index (κ3) is 4.16. The first kappa shape index (κ1) is 15.3. The molecule has 0 aromatic heterocycles. The van der Waals surface area contributed by atoms with Gasteiger partial charge >= 0.3 is 5.97 Å². The van der Waals surface area contributed by atoms with Crippen molar-refractivity contribution in [1.82, 2.24) is 0 Å². The van der Waals surface area contributed by atoms with Crippen molar-refractivity contribution in [3.05, 3.63) is 66.2 Å². The fourth-order valence-corrected chi connectivity index (χ4v) is 3.80. The van der Waals surface area contributed by atoms with Crippen LogP contribution in [0, 0.1) is 0 Å². The molecule has 5 heteroatoms. The molecule has 0 aliphatic heterocycles. The molecule has 0 aliphatic carbocycles. The van der Waals surface area contributed by atoms with Crippen molar-refractivity contribution in [2.45, 2.75) is 17.2 Å². The molecule has 0 heterocycles. The molecule has 0 saturated heterocycles. The topological polar surface area (TPSA) is 71.4 Å². The number of aliphatic carboxylic acids is 1. The molecule has 110 valence electrons. The Labute approximate surface area is 124 Å². The molecule has 0 fully saturated rings. The van der Waals surface area contributed by atoms with Gasteiger partial charge in [-0.25, -0.2) is 8.42 Å². The number of benzene rings is 2. The van der Waals surface area contributed by atoms with E-state index in [4.69, 9.17) is 5.11 Å². The van der Waals surface area contributed by atoms with Gasteiger partial charge in [0.15, 0.2) is 9.84 Å². The van der Waals surface area contributed by atoms with Crippen LogP contribution in [0.2, 0.25) is 0 Å². The molecule has 2 rings (SSSR count). The summed E-state index contributed by atoms with van der Waals surface area (Å²) in [6.07, 6.45) is -0.212. The first-order valence-electron chi connectivity index (χ1n) is 6.53. The van der Waals surface area contributed by atoms with Gasteiger partial charge in [-0.3, -0.25) is 4.79 Å². The zero-order chi connectivity index (χ0) is 15.3. The van der Waals surface area contributed by atoms with Gasteiger partial charge in [-0.15, -0.1) is 0 Å². The lowest BCUT2D eigenvalue weighted by atomic mass is 9.98. The lowest BCUT2D eigenvalue weighted by Crippen LogP contribution is -2.18. The lowest BCUT2D eigenvalue weighted by Gasteiger charge is -2.15. The largest absolute Gasteiger partial charge is 0.481 e. The van der Waals surface area contributed by atoms with Crippen LogP contribution in [0.4, 0.5) is 0 Å². The monoisotopic (exact) mass is 304 g/mol. The van der Waals surface area contributed by atoms with Crippen LogP contribution in [-0.2, 0) is 14.6 Å². The van der Waals surface area contributed by atoms with Gasteiger partial charge in [-0.05, 0) is 17.7 Å². The molecule has 21 heavy (non-hydrogen) atoms. The molecule has 0 radical (unpaired) electrons. The van der Waals surface area contributed by atoms with E-state index in [1.165, 1.54) is 12.1 Å². The maximum Gasteiger partial charge on any atom is 0.303 e. The molecule has 0 amide bonds. The Balaban J connectivity index is 2.29. The van der Waals surface area contributed by atoms with Crippen LogP contribution in [0.1, 0.15) is 17.9 Å². The summed E-state index contributed by atoms with van der Waals surface area (Å²) in [5, 5.41) is 9.02. The van der Waals surface area contributed by atoms with Crippen molar-refractivity contribution >= 4 is 15.8 Å². The molecule has 0 aliphatic rings. The standard InChI is InChI=1S/C16H16O4S/c17-16(18)11-14(13-7-3-1-4-8-13)12-21(19,20)15-9-5-2-6-10-15/h1-10,14H,11-12H2,(H,17,18). The van der Waals surface area contributed by atoms with E-state index in [0.29, 0.717) is 0 Å². The highest BCUT2D eigenvalue weighted by molar-refractivity contribution is 7.91. The summed E-state index contributed by atoms with van der Waals surface area (Å²) in [5.41, 5.74) is 0.722. The molecular weight excluding hydrogens is 288 g/mol. The average molecular weight is 304 g/mol. The Hall–Kier alpha value is -2.14. The summed E-state index contributed by atoms with van der Waals surface area (Å²) >= 11 is 0. The molecule has 1 unspecified atom stereocenters. The summed E-state index contributed by atoms with van der Waals surface area (Å²) < 4.78 is 24.8. The third-order valence-corrected chi connectivity index (χ3v) is 5.05. The van der Waals surface area contributed by atoms with Crippen LogP contribution in [-0.4, -0.2) is 25.2 Å². The van der Waals surface area contributed by atoms with E-state index in [1.54, 1.807) is 42.5 Å². The van der Waals surface area contributed by atoms with Gasteiger partial charge in [-0.1, -0.05) is 48.5 Å². The summed E-state index contributed by atoms with van der Waals surface area (Å²) in [7, 11) is -3.52. The summed E-state index contributed by atoms with van der Waals surface area (Å²) in [5.74, 6) is -1.78. The molecular formula is C16H16O4S. The van der Waals surface area contributed by atoms with E-state index >= 15 is 0 Å². The average Bonchev–Trinajstić information content (AvgIpc) is 2.48. The van der Waals surface area contributed by atoms with Crippen molar-refractivity contribution in [1.29, 1.82) is 0 Å². The van der Waals surface area contributed by atoms with Crippen molar-refractivity contribution in [2.75, 3.05) is 5.75 Å². The van der Waals surface area contributed by atoms with Gasteiger partial charge in [-0.2, -0.15) is 0 Å². The lowest BCUT2D eigenvalue weighted by molar-refractivity contribution is -0.137. The quantitative estimate of drug-likeness (QED) is 0.890. The molecule has 0 saturated carbocycles. The van der Waals surface area contributed by atoms with E-state index in [0.717, 1.165) is 5.56 Å². The SMILES string of the molecule is O=C(O)CC(CS(=O)(=O)c1ccccc1)c1ccccc1. The smallest absolute Gasteiger partial charge is 0.303 e. The van der Waals surface area contributed by atoms with E-state index in [-0.39, 0.29) is 17.1 Å². The highest BCUT2D eigenvalue weighted by Gasteiger charge is 2.24. The maximum absolute atomic E-state index is 12.4. The molecule has 1 N–H and O–H groups in total. The fourth-order valence-electron chi connectivity index (χ4n) is 2.20. The van der Waals surface area contributed by atoms with Gasteiger partial charge < -0.3 is 5.11 Å². The van der Waals surface area contributed by atoms with Gasteiger partial charge in [0, 0.05) is 5.92 Å². The highest BCUT2D eigenvalue weighted by Crippen LogP contribution is 2.24. The number of carboxylic acids is 1. The van der Waals surface area contributed by atoms with E-state index in [2.05, 4.69) is 0 Å². The number of carbonyl (C=O) groups is 1. The minimum absolute atomic E-state index is 0.212. The number of rotatable bonds is 6. The van der Waals surface area contributed by atoms with E-state index in [9.17, 15) is 13.2 Å². The van der Waals surface area contributed by atoms with E-state index in [1.807, 2.05) is 6.07 Å². The Bertz CT molecular complexity index is 694. The number of carboxylic acid groups (broad SMARTS) is 1. The van der Waals surface area contributed by atoms with Crippen LogP contribution in [0.15, 0.2) is 65.6 Å². The van der Waals surface area contributed by atoms with E-state index < -0.39 is 21.7 Å². The Morgan fingerprint density at radius 2 is 1.48 bits per heavy atom. The second-order valence-corrected chi connectivity index (χ2v) is 6.83. The Morgan fingerprint density at radius 1 is 0.952 bits per heavy atom. The molecule has 0 spiro atoms. The van der Waals surface area contributed by atoms with Gasteiger partial charge in [0.1, 0.15) is 0 Å². The number of hydrogen-bond acceptors (Lipinski definition) is 3. The minimum atomic E-state index is -3.52. The first-order chi connectivity index (χ1) is 9.99. The van der Waals surface area contributed by atoms with Crippen molar-refractivity contribution in [3.63, 3.8) is 0 Å². The van der Waals surface area contributed by atoms with Crippen molar-refractivity contribution < 1.29 is 18.3 Å². The van der Waals surface area contributed by atoms with Crippen molar-refractivity contribution in [2.24, 2.45) is 0 Å². The van der Waals surface area contributed by atoms with Gasteiger partial charge in [0.05, 0.1) is 17.1 Å². The summed E-state index contributed by atoms with van der Waals surface area (Å²) in [6, 6.07) is 17.0. The molecule has 1 atom stereocenters. The zero-order valence-electron chi connectivity index (χ0n) is 11.3. The van der Waals surface area contributed by atoms with Crippen LogP contribution in [0.25, 0.3) is 0 Å². The third-order valence-electron chi connectivity index (χ3n) is 3.21. The fraction of sp³-hybridized carbons (Fsp3) is 0.188. The maximum atomic E-state index is 12.4. The Kier molecular flexibility index (Phi) is 4.75. The molecule has 2 aromatic carbocycles. The Morgan fingerprint density at radius 3 is 2.00 bits per heavy atom. The second kappa shape index (κ2) is 6.54. The van der Waals surface area contributed by atoms with Crippen LogP contribution in [0.5, 0.6) is 0 Å². The molecule has 0 bridgehead atoms. The van der Waals surface area contributed by atoms with Crippen LogP contribution >= 0.6 is 0 Å². The number of sulfone groups is 1. The van der Waals surface area contributed by atoms with Gasteiger partial charge in [0.25, 0.3) is 0 Å².